The fourth-order valence-electron chi connectivity index (χ4n) is 1.70. The van der Waals surface area contributed by atoms with Gasteiger partial charge in [-0.25, -0.2) is 0 Å². The van der Waals surface area contributed by atoms with Crippen molar-refractivity contribution in [3.63, 3.8) is 0 Å². The van der Waals surface area contributed by atoms with Crippen LogP contribution >= 0.6 is 0 Å². The lowest BCUT2D eigenvalue weighted by atomic mass is 10.1. The third-order valence-corrected chi connectivity index (χ3v) is 2.81. The maximum absolute atomic E-state index is 11.9. The average molecular weight is 240 g/mol. The van der Waals surface area contributed by atoms with Gasteiger partial charge in [0.15, 0.2) is 5.78 Å². The molecule has 0 saturated carbocycles. The molecule has 0 N–H and O–H groups in total. The Kier molecular flexibility index (Phi) is 3.78. The van der Waals surface area contributed by atoms with Gasteiger partial charge in [0, 0.05) is 5.56 Å². The first-order valence-corrected chi connectivity index (χ1v) is 6.07. The lowest BCUT2D eigenvalue weighted by Crippen LogP contribution is -1.94. The topological polar surface area (TPSA) is 30.2 Å². The van der Waals surface area contributed by atoms with Crippen molar-refractivity contribution in [3.8, 4) is 0 Å². The Hall–Kier alpha value is -2.09. The molecule has 2 rings (SSSR count). The summed E-state index contributed by atoms with van der Waals surface area (Å²) < 4.78 is 5.37. The molecule has 2 nitrogen and oxygen atoms in total. The molecule has 1 aromatic carbocycles. The van der Waals surface area contributed by atoms with Gasteiger partial charge in [-0.1, -0.05) is 31.2 Å². The van der Waals surface area contributed by atoms with Gasteiger partial charge in [-0.05, 0) is 43.2 Å². The first kappa shape index (κ1) is 12.4. The highest BCUT2D eigenvalue weighted by molar-refractivity contribution is 6.06. The Balaban J connectivity index is 2.09. The van der Waals surface area contributed by atoms with E-state index in [4.69, 9.17) is 4.42 Å². The van der Waals surface area contributed by atoms with E-state index in [0.717, 1.165) is 12.2 Å². The van der Waals surface area contributed by atoms with Crippen LogP contribution in [-0.2, 0) is 6.42 Å². The van der Waals surface area contributed by atoms with Crippen molar-refractivity contribution in [2.45, 2.75) is 20.3 Å². The van der Waals surface area contributed by atoms with Gasteiger partial charge >= 0.3 is 0 Å². The van der Waals surface area contributed by atoms with Crippen LogP contribution in [0.15, 0.2) is 46.9 Å². The highest BCUT2D eigenvalue weighted by Crippen LogP contribution is 2.10. The summed E-state index contributed by atoms with van der Waals surface area (Å²) >= 11 is 0. The zero-order valence-corrected chi connectivity index (χ0v) is 10.6. The zero-order valence-electron chi connectivity index (χ0n) is 10.6. The standard InChI is InChI=1S/C16H16O2/c1-3-13-5-7-14(8-6-13)16(17)11-10-15-9-4-12(2)18-15/h4-11H,3H2,1-2H3. The van der Waals surface area contributed by atoms with Gasteiger partial charge in [0.1, 0.15) is 11.5 Å². The molecule has 2 aromatic rings. The van der Waals surface area contributed by atoms with Crippen molar-refractivity contribution in [2.24, 2.45) is 0 Å². The minimum atomic E-state index is -0.00768. The van der Waals surface area contributed by atoms with E-state index in [1.165, 1.54) is 5.56 Å². The first-order chi connectivity index (χ1) is 8.69. The summed E-state index contributed by atoms with van der Waals surface area (Å²) in [5, 5.41) is 0. The van der Waals surface area contributed by atoms with Crippen molar-refractivity contribution in [1.29, 1.82) is 0 Å². The molecule has 0 aliphatic carbocycles. The Bertz CT molecular complexity index is 559. The van der Waals surface area contributed by atoms with E-state index in [2.05, 4.69) is 6.92 Å². The second-order valence-corrected chi connectivity index (χ2v) is 4.20. The molecule has 0 unspecified atom stereocenters. The van der Waals surface area contributed by atoms with Crippen LogP contribution < -0.4 is 0 Å². The zero-order chi connectivity index (χ0) is 13.0. The maximum Gasteiger partial charge on any atom is 0.185 e. The molecule has 0 radical (unpaired) electrons. The van der Waals surface area contributed by atoms with Gasteiger partial charge in [-0.2, -0.15) is 0 Å². The predicted octanol–water partition coefficient (Wildman–Crippen LogP) is 4.05. The van der Waals surface area contributed by atoms with Crippen LogP contribution in [0, 0.1) is 6.92 Å². The molecule has 1 aromatic heterocycles. The SMILES string of the molecule is CCc1ccc(C(=O)C=Cc2ccc(C)o2)cc1. The third kappa shape index (κ3) is 2.98. The quantitative estimate of drug-likeness (QED) is 0.596. The summed E-state index contributed by atoms with van der Waals surface area (Å²) in [5.74, 6) is 1.53. The van der Waals surface area contributed by atoms with E-state index in [1.807, 2.05) is 43.3 Å². The van der Waals surface area contributed by atoms with Crippen LogP contribution in [-0.4, -0.2) is 5.78 Å². The van der Waals surface area contributed by atoms with Crippen LogP contribution in [0.5, 0.6) is 0 Å². The number of carbonyl (C=O) groups is 1. The van der Waals surface area contributed by atoms with E-state index in [-0.39, 0.29) is 5.78 Å². The monoisotopic (exact) mass is 240 g/mol. The van der Waals surface area contributed by atoms with E-state index < -0.39 is 0 Å². The Morgan fingerprint density at radius 2 is 1.89 bits per heavy atom. The Labute approximate surface area is 107 Å². The number of aryl methyl sites for hydroxylation is 2. The number of ketones is 1. The molecule has 0 amide bonds. The fourth-order valence-corrected chi connectivity index (χ4v) is 1.70. The third-order valence-electron chi connectivity index (χ3n) is 2.81. The van der Waals surface area contributed by atoms with Crippen LogP contribution in [0.3, 0.4) is 0 Å². The molecule has 0 aliphatic rings. The van der Waals surface area contributed by atoms with Gasteiger partial charge in [-0.3, -0.25) is 4.79 Å². The highest BCUT2D eigenvalue weighted by atomic mass is 16.3. The molecule has 92 valence electrons. The molecule has 0 atom stereocenters. The van der Waals surface area contributed by atoms with Crippen molar-refractivity contribution in [2.75, 3.05) is 0 Å². The Morgan fingerprint density at radius 3 is 2.44 bits per heavy atom. The molecule has 2 heteroatoms. The smallest absolute Gasteiger partial charge is 0.185 e. The molecule has 0 saturated heterocycles. The van der Waals surface area contributed by atoms with Gasteiger partial charge in [0.25, 0.3) is 0 Å². The molecule has 18 heavy (non-hydrogen) atoms. The summed E-state index contributed by atoms with van der Waals surface area (Å²) in [6.07, 6.45) is 4.22. The summed E-state index contributed by atoms with van der Waals surface area (Å²) in [7, 11) is 0. The summed E-state index contributed by atoms with van der Waals surface area (Å²) in [5.41, 5.74) is 1.93. The maximum atomic E-state index is 11.9. The van der Waals surface area contributed by atoms with Gasteiger partial charge in [-0.15, -0.1) is 0 Å². The van der Waals surface area contributed by atoms with Crippen LogP contribution in [0.2, 0.25) is 0 Å². The van der Waals surface area contributed by atoms with E-state index in [0.29, 0.717) is 11.3 Å². The lowest BCUT2D eigenvalue weighted by molar-refractivity contribution is 0.104. The summed E-state index contributed by atoms with van der Waals surface area (Å²) in [6.45, 7) is 3.97. The predicted molar refractivity (Wildman–Crippen MR) is 72.6 cm³/mol. The van der Waals surface area contributed by atoms with Crippen molar-refractivity contribution >= 4 is 11.9 Å². The molecule has 0 fully saturated rings. The first-order valence-electron chi connectivity index (χ1n) is 6.07. The van der Waals surface area contributed by atoms with Crippen molar-refractivity contribution in [1.82, 2.24) is 0 Å². The molecular formula is C16H16O2. The number of furan rings is 1. The van der Waals surface area contributed by atoms with Gasteiger partial charge < -0.3 is 4.42 Å². The number of hydrogen-bond donors (Lipinski definition) is 0. The molecule has 0 aliphatic heterocycles. The Morgan fingerprint density at radius 1 is 1.17 bits per heavy atom. The summed E-state index contributed by atoms with van der Waals surface area (Å²) in [6, 6.07) is 11.4. The van der Waals surface area contributed by atoms with Crippen LogP contribution in [0.4, 0.5) is 0 Å². The van der Waals surface area contributed by atoms with Gasteiger partial charge in [0.2, 0.25) is 0 Å². The molecular weight excluding hydrogens is 224 g/mol. The number of allylic oxidation sites excluding steroid dienone is 1. The molecule has 1 heterocycles. The van der Waals surface area contributed by atoms with Crippen LogP contribution in [0.25, 0.3) is 6.08 Å². The van der Waals surface area contributed by atoms with Crippen LogP contribution in [0.1, 0.15) is 34.4 Å². The fraction of sp³-hybridized carbons (Fsp3) is 0.188. The molecule has 0 spiro atoms. The molecule has 0 bridgehead atoms. The number of hydrogen-bond acceptors (Lipinski definition) is 2. The van der Waals surface area contributed by atoms with Crippen molar-refractivity contribution < 1.29 is 9.21 Å². The second kappa shape index (κ2) is 5.50. The number of benzene rings is 1. The highest BCUT2D eigenvalue weighted by Gasteiger charge is 2.02. The van der Waals surface area contributed by atoms with E-state index in [9.17, 15) is 4.79 Å². The number of rotatable bonds is 4. The number of carbonyl (C=O) groups excluding carboxylic acids is 1. The van der Waals surface area contributed by atoms with Gasteiger partial charge in [0.05, 0.1) is 0 Å². The lowest BCUT2D eigenvalue weighted by Gasteiger charge is -1.98. The van der Waals surface area contributed by atoms with Crippen molar-refractivity contribution in [3.05, 3.63) is 65.1 Å². The van der Waals surface area contributed by atoms with E-state index >= 15 is 0 Å². The minimum Gasteiger partial charge on any atom is -0.462 e. The summed E-state index contributed by atoms with van der Waals surface area (Å²) in [4.78, 5) is 11.9. The minimum absolute atomic E-state index is 0.00768. The normalized spacial score (nSPS) is 11.0. The average Bonchev–Trinajstić information content (AvgIpc) is 2.82. The largest absolute Gasteiger partial charge is 0.462 e. The van der Waals surface area contributed by atoms with E-state index in [1.54, 1.807) is 12.2 Å². The second-order valence-electron chi connectivity index (χ2n) is 4.20.